The number of nitrogen functional groups attached to an aromatic ring is 1. The molecule has 0 atom stereocenters. The van der Waals surface area contributed by atoms with E-state index in [1.54, 1.807) is 43.6 Å². The van der Waals surface area contributed by atoms with Crippen molar-refractivity contribution >= 4 is 22.4 Å². The SMILES string of the molecule is Cn1nc(-c2ncc(NCOc3cnn(-c4cccc5ncccc45)c3C(F)(F)F)cc2C#N)cc1N. The van der Waals surface area contributed by atoms with Gasteiger partial charge in [0.05, 0.1) is 34.8 Å². The maximum Gasteiger partial charge on any atom is 0.437 e. The Morgan fingerprint density at radius 3 is 2.70 bits per heavy atom. The number of hydrogen-bond donors (Lipinski definition) is 2. The van der Waals surface area contributed by atoms with E-state index in [1.807, 2.05) is 6.07 Å². The third-order valence-electron chi connectivity index (χ3n) is 5.53. The summed E-state index contributed by atoms with van der Waals surface area (Å²) in [6.07, 6.45) is -0.766. The molecule has 0 saturated heterocycles. The third-order valence-corrected chi connectivity index (χ3v) is 5.53. The van der Waals surface area contributed by atoms with Gasteiger partial charge in [0, 0.05) is 24.7 Å². The Bertz CT molecular complexity index is 1630. The number of benzene rings is 1. The minimum Gasteiger partial charge on any atom is -0.469 e. The molecule has 0 spiro atoms. The lowest BCUT2D eigenvalue weighted by atomic mass is 10.1. The average Bonchev–Trinajstić information content (AvgIpc) is 3.46. The number of fused-ring (bicyclic) bond motifs is 1. The van der Waals surface area contributed by atoms with Crippen molar-refractivity contribution < 1.29 is 17.9 Å². The molecule has 3 N–H and O–H groups in total. The Labute approximate surface area is 207 Å². The molecule has 0 unspecified atom stereocenters. The van der Waals surface area contributed by atoms with Crippen LogP contribution in [0.1, 0.15) is 11.3 Å². The summed E-state index contributed by atoms with van der Waals surface area (Å²) in [4.78, 5) is 8.45. The first-order valence-electron chi connectivity index (χ1n) is 10.8. The molecule has 0 bridgehead atoms. The van der Waals surface area contributed by atoms with Gasteiger partial charge in [0.25, 0.3) is 0 Å². The zero-order valence-corrected chi connectivity index (χ0v) is 19.2. The van der Waals surface area contributed by atoms with Gasteiger partial charge in [-0.3, -0.25) is 14.6 Å². The Kier molecular flexibility index (Phi) is 5.84. The van der Waals surface area contributed by atoms with Crippen molar-refractivity contribution in [1.82, 2.24) is 29.5 Å². The fourth-order valence-corrected chi connectivity index (χ4v) is 3.80. The Morgan fingerprint density at radius 1 is 1.14 bits per heavy atom. The number of rotatable bonds is 6. The van der Waals surface area contributed by atoms with Gasteiger partial charge >= 0.3 is 6.18 Å². The number of ether oxygens (including phenoxy) is 1. The van der Waals surface area contributed by atoms with E-state index in [1.165, 1.54) is 23.0 Å². The second kappa shape index (κ2) is 9.15. The quantitative estimate of drug-likeness (QED) is 0.329. The molecule has 10 nitrogen and oxygen atoms in total. The fourth-order valence-electron chi connectivity index (χ4n) is 3.80. The summed E-state index contributed by atoms with van der Waals surface area (Å²) in [5.41, 5.74) is 6.80. The number of anilines is 2. The highest BCUT2D eigenvalue weighted by molar-refractivity contribution is 5.87. The molecule has 0 radical (unpaired) electrons. The molecule has 4 aromatic heterocycles. The van der Waals surface area contributed by atoms with Gasteiger partial charge in [-0.15, -0.1) is 0 Å². The Morgan fingerprint density at radius 2 is 1.97 bits per heavy atom. The van der Waals surface area contributed by atoms with Gasteiger partial charge in [-0.2, -0.15) is 28.6 Å². The smallest absolute Gasteiger partial charge is 0.437 e. The highest BCUT2D eigenvalue weighted by Crippen LogP contribution is 2.38. The molecule has 13 heteroatoms. The predicted octanol–water partition coefficient (Wildman–Crippen LogP) is 4.14. The van der Waals surface area contributed by atoms with Crippen LogP contribution in [0, 0.1) is 11.3 Å². The van der Waals surface area contributed by atoms with Gasteiger partial charge in [-0.25, -0.2) is 4.68 Å². The lowest BCUT2D eigenvalue weighted by molar-refractivity contribution is -0.144. The molecule has 0 amide bonds. The number of alkyl halides is 3. The molecule has 1 aromatic carbocycles. The van der Waals surface area contributed by atoms with E-state index in [4.69, 9.17) is 10.5 Å². The maximum atomic E-state index is 14.1. The second-order valence-corrected chi connectivity index (χ2v) is 7.89. The molecule has 0 aliphatic rings. The van der Waals surface area contributed by atoms with Crippen LogP contribution < -0.4 is 15.8 Å². The monoisotopic (exact) mass is 505 g/mol. The first kappa shape index (κ1) is 23.6. The van der Waals surface area contributed by atoms with Crippen LogP contribution in [-0.2, 0) is 13.2 Å². The molecule has 5 rings (SSSR count). The Balaban J connectivity index is 1.39. The van der Waals surface area contributed by atoms with Crippen LogP contribution in [0.4, 0.5) is 24.7 Å². The number of nitrogens with two attached hydrogens (primary N) is 1. The van der Waals surface area contributed by atoms with Crippen LogP contribution in [0.25, 0.3) is 28.0 Å². The molecular formula is C24H18F3N9O. The van der Waals surface area contributed by atoms with Crippen molar-refractivity contribution in [3.8, 4) is 28.9 Å². The average molecular weight is 505 g/mol. The van der Waals surface area contributed by atoms with Crippen molar-refractivity contribution in [2.75, 3.05) is 17.8 Å². The highest BCUT2D eigenvalue weighted by atomic mass is 19.4. The van der Waals surface area contributed by atoms with Crippen LogP contribution in [0.15, 0.2) is 61.1 Å². The number of nitriles is 1. The molecule has 0 saturated carbocycles. The molecule has 0 fully saturated rings. The van der Waals surface area contributed by atoms with Crippen molar-refractivity contribution in [3.05, 3.63) is 72.3 Å². The van der Waals surface area contributed by atoms with E-state index < -0.39 is 17.6 Å². The molecule has 0 aliphatic carbocycles. The minimum absolute atomic E-state index is 0.205. The van der Waals surface area contributed by atoms with Gasteiger partial charge in [-0.05, 0) is 30.3 Å². The first-order valence-corrected chi connectivity index (χ1v) is 10.8. The van der Waals surface area contributed by atoms with Gasteiger partial charge in [0.1, 0.15) is 23.3 Å². The van der Waals surface area contributed by atoms with E-state index in [2.05, 4.69) is 25.5 Å². The Hall–Kier alpha value is -5.12. The summed E-state index contributed by atoms with van der Waals surface area (Å²) in [6, 6.07) is 13.3. The number of hydrogen-bond acceptors (Lipinski definition) is 8. The van der Waals surface area contributed by atoms with Gasteiger partial charge in [-0.1, -0.05) is 6.07 Å². The normalized spacial score (nSPS) is 11.4. The van der Waals surface area contributed by atoms with E-state index in [-0.39, 0.29) is 18.0 Å². The summed E-state index contributed by atoms with van der Waals surface area (Å²) in [6.45, 7) is -0.339. The third kappa shape index (κ3) is 4.47. The standard InChI is InChI=1S/C24H18F3N9O/c1-35-21(29)9-18(34-35)22-14(10-28)8-15(11-31-22)32-13-37-20-12-33-36(23(20)24(25,26)27)19-6-2-5-17-16(19)4-3-7-30-17/h2-9,11-12,32H,13,29H2,1H3. The van der Waals surface area contributed by atoms with Crippen LogP contribution >= 0.6 is 0 Å². The zero-order valence-electron chi connectivity index (χ0n) is 19.2. The van der Waals surface area contributed by atoms with Gasteiger partial charge in [0.2, 0.25) is 0 Å². The minimum atomic E-state index is -4.75. The molecule has 5 aromatic rings. The first-order chi connectivity index (χ1) is 17.8. The number of halogens is 3. The van der Waals surface area contributed by atoms with E-state index in [0.29, 0.717) is 33.8 Å². The summed E-state index contributed by atoms with van der Waals surface area (Å²) in [5.74, 6) is -0.0630. The van der Waals surface area contributed by atoms with Crippen LogP contribution in [0.5, 0.6) is 5.75 Å². The number of aryl methyl sites for hydroxylation is 1. The summed E-state index contributed by atoms with van der Waals surface area (Å²) in [7, 11) is 1.66. The molecular weight excluding hydrogens is 487 g/mol. The molecule has 186 valence electrons. The molecule has 4 heterocycles. The van der Waals surface area contributed by atoms with Crippen molar-refractivity contribution in [2.24, 2.45) is 7.05 Å². The van der Waals surface area contributed by atoms with Crippen LogP contribution in [-0.4, -0.2) is 36.3 Å². The topological polar surface area (TPSA) is 132 Å². The second-order valence-electron chi connectivity index (χ2n) is 7.89. The number of nitrogens with one attached hydrogen (secondary N) is 1. The van der Waals surface area contributed by atoms with Crippen molar-refractivity contribution in [3.63, 3.8) is 0 Å². The van der Waals surface area contributed by atoms with Crippen molar-refractivity contribution in [1.29, 1.82) is 5.26 Å². The largest absolute Gasteiger partial charge is 0.469 e. The zero-order chi connectivity index (χ0) is 26.2. The lowest BCUT2D eigenvalue weighted by Crippen LogP contribution is -2.17. The summed E-state index contributed by atoms with van der Waals surface area (Å²) >= 11 is 0. The number of aromatic nitrogens is 6. The molecule has 37 heavy (non-hydrogen) atoms. The van der Waals surface area contributed by atoms with Gasteiger partial charge in [0.15, 0.2) is 18.2 Å². The summed E-state index contributed by atoms with van der Waals surface area (Å²) < 4.78 is 49.9. The van der Waals surface area contributed by atoms with Crippen molar-refractivity contribution in [2.45, 2.75) is 6.18 Å². The van der Waals surface area contributed by atoms with Gasteiger partial charge < -0.3 is 15.8 Å². The molecule has 0 aliphatic heterocycles. The highest BCUT2D eigenvalue weighted by Gasteiger charge is 2.40. The summed E-state index contributed by atoms with van der Waals surface area (Å²) in [5, 5.41) is 21.0. The van der Waals surface area contributed by atoms with E-state index in [9.17, 15) is 18.4 Å². The van der Waals surface area contributed by atoms with Crippen LogP contribution in [0.3, 0.4) is 0 Å². The maximum absolute atomic E-state index is 14.1. The van der Waals surface area contributed by atoms with E-state index in [0.717, 1.165) is 10.9 Å². The lowest BCUT2D eigenvalue weighted by Gasteiger charge is -2.15. The van der Waals surface area contributed by atoms with E-state index >= 15 is 0 Å². The number of nitrogens with zero attached hydrogens (tertiary/aromatic N) is 7. The van der Waals surface area contributed by atoms with Crippen LogP contribution in [0.2, 0.25) is 0 Å². The fraction of sp³-hybridized carbons (Fsp3) is 0.125. The predicted molar refractivity (Wildman–Crippen MR) is 129 cm³/mol. The number of pyridine rings is 2.